The molecule has 1 rings (SSSR count). The quantitative estimate of drug-likeness (QED) is 0.372. The average Bonchev–Trinajstić information content (AvgIpc) is 2.36. The number of ether oxygens (including phenoxy) is 1. The fourth-order valence-electron chi connectivity index (χ4n) is 1.44. The van der Waals surface area contributed by atoms with Gasteiger partial charge in [0.1, 0.15) is 11.8 Å². The van der Waals surface area contributed by atoms with Gasteiger partial charge in [0.2, 0.25) is 5.91 Å². The van der Waals surface area contributed by atoms with Gasteiger partial charge in [-0.2, -0.15) is 0 Å². The van der Waals surface area contributed by atoms with Crippen LogP contribution in [0.4, 0.5) is 0 Å². The van der Waals surface area contributed by atoms with Gasteiger partial charge in [-0.25, -0.2) is 4.79 Å². The number of rotatable bonds is 5. The van der Waals surface area contributed by atoms with Gasteiger partial charge in [0.05, 0.1) is 5.68 Å². The van der Waals surface area contributed by atoms with Crippen molar-refractivity contribution >= 4 is 31.5 Å². The van der Waals surface area contributed by atoms with Crippen LogP contribution >= 0.6 is 0 Å². The molecule has 1 aromatic rings. The lowest BCUT2D eigenvalue weighted by Gasteiger charge is -2.13. The van der Waals surface area contributed by atoms with Gasteiger partial charge in [-0.3, -0.25) is 4.79 Å². The number of para-hydroxylation sites is 1. The van der Waals surface area contributed by atoms with E-state index in [2.05, 4.69) is 5.32 Å². The summed E-state index contributed by atoms with van der Waals surface area (Å²) in [6.45, 7) is 2.83. The van der Waals surface area contributed by atoms with Crippen LogP contribution in [0.2, 0.25) is 0 Å². The molecule has 20 heavy (non-hydrogen) atoms. The summed E-state index contributed by atoms with van der Waals surface area (Å²) in [5.41, 5.74) is -0.0626. The number of nitrogens with one attached hydrogen (secondary N) is 1. The second-order valence-corrected chi connectivity index (χ2v) is 4.12. The minimum Gasteiger partial charge on any atom is -0.424 e. The summed E-state index contributed by atoms with van der Waals surface area (Å²) >= 11 is 0. The lowest BCUT2D eigenvalue weighted by Crippen LogP contribution is -2.39. The summed E-state index contributed by atoms with van der Waals surface area (Å²) in [5.74, 6) is -0.635. The monoisotopic (exact) mass is 271 g/mol. The highest BCUT2D eigenvalue weighted by atomic mass is 16.5. The Kier molecular flexibility index (Phi) is 5.71. The number of hydrogen-bond donors (Lipinski definition) is 1. The third kappa shape index (κ3) is 5.10. The van der Waals surface area contributed by atoms with Crippen molar-refractivity contribution in [2.75, 3.05) is 0 Å². The zero-order valence-electron chi connectivity index (χ0n) is 11.3. The van der Waals surface area contributed by atoms with Gasteiger partial charge in [-0.15, -0.1) is 0 Å². The number of allylic oxidation sites excluding steroid dienone is 1. The minimum atomic E-state index is -0.763. The second-order valence-electron chi connectivity index (χ2n) is 4.12. The van der Waals surface area contributed by atoms with Crippen molar-refractivity contribution in [3.8, 4) is 5.75 Å². The SMILES string of the molecule is [B]C(=O)/C=C/c1ccccc1OC(=O)C(C)NC(C)=O. The molecule has 0 aliphatic rings. The van der Waals surface area contributed by atoms with Crippen LogP contribution in [-0.2, 0) is 14.4 Å². The van der Waals surface area contributed by atoms with Crippen LogP contribution in [0.1, 0.15) is 19.4 Å². The van der Waals surface area contributed by atoms with Crippen LogP contribution in [0.15, 0.2) is 30.3 Å². The normalized spacial score (nSPS) is 11.9. The number of carbonyl (C=O) groups is 3. The molecule has 1 amide bonds. The zero-order valence-corrected chi connectivity index (χ0v) is 11.3. The molecule has 1 unspecified atom stereocenters. The van der Waals surface area contributed by atoms with Crippen molar-refractivity contribution in [1.82, 2.24) is 5.32 Å². The molecule has 0 bridgehead atoms. The van der Waals surface area contributed by atoms with E-state index in [4.69, 9.17) is 12.6 Å². The lowest BCUT2D eigenvalue weighted by molar-refractivity contribution is -0.138. The number of esters is 1. The molecule has 0 saturated heterocycles. The van der Waals surface area contributed by atoms with E-state index in [-0.39, 0.29) is 11.7 Å². The first-order valence-corrected chi connectivity index (χ1v) is 5.95. The smallest absolute Gasteiger partial charge is 0.333 e. The highest BCUT2D eigenvalue weighted by molar-refractivity contribution is 6.61. The molecule has 0 saturated carbocycles. The van der Waals surface area contributed by atoms with E-state index in [0.29, 0.717) is 5.56 Å². The molecule has 5 nitrogen and oxygen atoms in total. The Balaban J connectivity index is 2.84. The average molecular weight is 271 g/mol. The van der Waals surface area contributed by atoms with E-state index in [0.717, 1.165) is 0 Å². The fourth-order valence-corrected chi connectivity index (χ4v) is 1.44. The van der Waals surface area contributed by atoms with Gasteiger partial charge in [0.15, 0.2) is 7.85 Å². The molecule has 0 aromatic heterocycles. The fraction of sp³-hybridized carbons (Fsp3) is 0.214. The molecule has 1 atom stereocenters. The number of hydrogen-bond acceptors (Lipinski definition) is 4. The summed E-state index contributed by atoms with van der Waals surface area (Å²) in [6, 6.07) is 5.91. The van der Waals surface area contributed by atoms with Gasteiger partial charge in [0.25, 0.3) is 0 Å². The first-order valence-electron chi connectivity index (χ1n) is 5.95. The van der Waals surface area contributed by atoms with E-state index in [1.807, 2.05) is 0 Å². The summed E-state index contributed by atoms with van der Waals surface area (Å²) < 4.78 is 5.18. The standard InChI is InChI=1S/C14H14BNO4/c1-9(16-10(2)17)14(19)20-12-6-4-3-5-11(12)7-8-13(15)18/h3-9H,1-2H3,(H,16,17)/b8-7+. The molecule has 0 aliphatic heterocycles. The van der Waals surface area contributed by atoms with Crippen molar-refractivity contribution in [3.05, 3.63) is 35.9 Å². The Morgan fingerprint density at radius 3 is 2.55 bits per heavy atom. The van der Waals surface area contributed by atoms with Crippen molar-refractivity contribution < 1.29 is 19.1 Å². The van der Waals surface area contributed by atoms with E-state index >= 15 is 0 Å². The van der Waals surface area contributed by atoms with Crippen molar-refractivity contribution in [2.45, 2.75) is 19.9 Å². The van der Waals surface area contributed by atoms with Crippen molar-refractivity contribution in [2.24, 2.45) is 0 Å². The first kappa shape index (κ1) is 15.7. The Labute approximate surface area is 118 Å². The van der Waals surface area contributed by atoms with Crippen LogP contribution in [0.3, 0.4) is 0 Å². The molecule has 0 spiro atoms. The van der Waals surface area contributed by atoms with Crippen molar-refractivity contribution in [3.63, 3.8) is 0 Å². The van der Waals surface area contributed by atoms with Crippen LogP contribution in [0.5, 0.6) is 5.75 Å². The van der Waals surface area contributed by atoms with Gasteiger partial charge in [0, 0.05) is 12.5 Å². The minimum absolute atomic E-state index is 0.284. The number of amides is 1. The maximum Gasteiger partial charge on any atom is 0.333 e. The summed E-state index contributed by atoms with van der Waals surface area (Å²) in [6.07, 6.45) is 2.62. The Hall–Kier alpha value is -2.37. The second kappa shape index (κ2) is 7.28. The largest absolute Gasteiger partial charge is 0.424 e. The maximum atomic E-state index is 11.8. The molecular weight excluding hydrogens is 257 g/mol. The first-order chi connectivity index (χ1) is 9.40. The van der Waals surface area contributed by atoms with Crippen LogP contribution in [0.25, 0.3) is 6.08 Å². The van der Waals surface area contributed by atoms with Gasteiger partial charge in [-0.1, -0.05) is 18.2 Å². The molecule has 102 valence electrons. The van der Waals surface area contributed by atoms with E-state index in [1.54, 1.807) is 24.3 Å². The highest BCUT2D eigenvalue weighted by Gasteiger charge is 2.16. The number of carbonyl (C=O) groups excluding carboxylic acids is 3. The molecule has 0 aliphatic carbocycles. The molecule has 1 aromatic carbocycles. The van der Waals surface area contributed by atoms with Gasteiger partial charge < -0.3 is 14.8 Å². The zero-order chi connectivity index (χ0) is 15.1. The van der Waals surface area contributed by atoms with Crippen LogP contribution < -0.4 is 10.1 Å². The summed E-state index contributed by atoms with van der Waals surface area (Å²) in [5, 5.41) is 2.43. The van der Waals surface area contributed by atoms with Gasteiger partial charge in [-0.05, 0) is 25.1 Å². The number of benzene rings is 1. The van der Waals surface area contributed by atoms with E-state index in [1.165, 1.54) is 26.0 Å². The third-order valence-corrected chi connectivity index (χ3v) is 2.33. The maximum absolute atomic E-state index is 11.8. The summed E-state index contributed by atoms with van der Waals surface area (Å²) in [4.78, 5) is 33.4. The highest BCUT2D eigenvalue weighted by Crippen LogP contribution is 2.20. The Morgan fingerprint density at radius 2 is 1.95 bits per heavy atom. The molecule has 2 radical (unpaired) electrons. The summed E-state index contributed by atoms with van der Waals surface area (Å²) in [7, 11) is 5.01. The van der Waals surface area contributed by atoms with Crippen molar-refractivity contribution in [1.29, 1.82) is 0 Å². The predicted octanol–water partition coefficient (Wildman–Crippen LogP) is 0.825. The van der Waals surface area contributed by atoms with Crippen LogP contribution in [-0.4, -0.2) is 31.4 Å². The van der Waals surface area contributed by atoms with Crippen LogP contribution in [0, 0.1) is 0 Å². The third-order valence-electron chi connectivity index (χ3n) is 2.33. The van der Waals surface area contributed by atoms with Gasteiger partial charge >= 0.3 is 5.97 Å². The molecule has 6 heteroatoms. The molecule has 0 heterocycles. The molecule has 0 fully saturated rings. The molecular formula is C14H14BNO4. The van der Waals surface area contributed by atoms with E-state index in [9.17, 15) is 14.4 Å². The topological polar surface area (TPSA) is 72.5 Å². The van der Waals surface area contributed by atoms with E-state index < -0.39 is 17.7 Å². The lowest BCUT2D eigenvalue weighted by atomic mass is 10.0. The predicted molar refractivity (Wildman–Crippen MR) is 75.2 cm³/mol. The molecule has 1 N–H and O–H groups in total. The Bertz CT molecular complexity index is 554. The Morgan fingerprint density at radius 1 is 1.30 bits per heavy atom.